The third-order valence-corrected chi connectivity index (χ3v) is 5.09. The Morgan fingerprint density at radius 2 is 2.00 bits per heavy atom. The van der Waals surface area contributed by atoms with E-state index in [2.05, 4.69) is 10.1 Å². The predicted octanol–water partition coefficient (Wildman–Crippen LogP) is 1.57. The fraction of sp³-hybridized carbons (Fsp3) is 0.778. The molecule has 8 heteroatoms. The summed E-state index contributed by atoms with van der Waals surface area (Å²) < 4.78 is 10.7. The van der Waals surface area contributed by atoms with Crippen molar-refractivity contribution < 1.29 is 18.8 Å². The summed E-state index contributed by atoms with van der Waals surface area (Å²) >= 11 is 0. The zero-order valence-corrected chi connectivity index (χ0v) is 15.8. The first kappa shape index (κ1) is 18.8. The van der Waals surface area contributed by atoms with Crippen molar-refractivity contribution in [3.05, 3.63) is 11.7 Å². The quantitative estimate of drug-likeness (QED) is 0.788. The molecule has 0 saturated carbocycles. The summed E-state index contributed by atoms with van der Waals surface area (Å²) in [6.45, 7) is 6.20. The molecule has 8 nitrogen and oxygen atoms in total. The number of aromatic nitrogens is 2. The molecule has 2 fully saturated rings. The fourth-order valence-corrected chi connectivity index (χ4v) is 3.49. The standard InChI is InChI=1S/C18H28N4O4/c1-12(2)16-19-15(20-26-16)11-21(3)17(23)13-6-8-22(9-7-13)18(24)14-5-4-10-25-14/h12-14H,4-11H2,1-3H3. The van der Waals surface area contributed by atoms with E-state index in [1.165, 1.54) is 0 Å². The van der Waals surface area contributed by atoms with Gasteiger partial charge in [0, 0.05) is 38.6 Å². The van der Waals surface area contributed by atoms with Crippen LogP contribution in [0, 0.1) is 5.92 Å². The Balaban J connectivity index is 1.48. The van der Waals surface area contributed by atoms with E-state index < -0.39 is 0 Å². The smallest absolute Gasteiger partial charge is 0.251 e. The van der Waals surface area contributed by atoms with Gasteiger partial charge in [-0.1, -0.05) is 19.0 Å². The molecule has 0 aliphatic carbocycles. The van der Waals surface area contributed by atoms with Gasteiger partial charge in [0.1, 0.15) is 6.10 Å². The third-order valence-electron chi connectivity index (χ3n) is 5.09. The summed E-state index contributed by atoms with van der Waals surface area (Å²) in [5.74, 6) is 1.37. The normalized spacial score (nSPS) is 21.4. The average Bonchev–Trinajstić information content (AvgIpc) is 3.32. The summed E-state index contributed by atoms with van der Waals surface area (Å²) in [5, 5.41) is 3.94. The number of nitrogens with zero attached hydrogens (tertiary/aromatic N) is 4. The highest BCUT2D eigenvalue weighted by Gasteiger charge is 2.33. The second kappa shape index (κ2) is 8.16. The molecule has 3 rings (SSSR count). The van der Waals surface area contributed by atoms with E-state index in [4.69, 9.17) is 9.26 Å². The molecule has 2 aliphatic rings. The molecule has 26 heavy (non-hydrogen) atoms. The number of piperidine rings is 1. The lowest BCUT2D eigenvalue weighted by atomic mass is 9.95. The third kappa shape index (κ3) is 4.23. The molecule has 0 radical (unpaired) electrons. The Kier molecular flexibility index (Phi) is 5.90. The molecule has 0 spiro atoms. The van der Waals surface area contributed by atoms with Gasteiger partial charge in [-0.2, -0.15) is 4.98 Å². The molecule has 1 unspecified atom stereocenters. The van der Waals surface area contributed by atoms with E-state index in [0.717, 1.165) is 12.8 Å². The fourth-order valence-electron chi connectivity index (χ4n) is 3.49. The number of likely N-dealkylation sites (tertiary alicyclic amines) is 1. The second-order valence-corrected chi connectivity index (χ2v) is 7.50. The minimum absolute atomic E-state index is 0.0648. The molecule has 1 aromatic rings. The lowest BCUT2D eigenvalue weighted by Crippen LogP contribution is -2.46. The van der Waals surface area contributed by atoms with Crippen LogP contribution >= 0.6 is 0 Å². The topological polar surface area (TPSA) is 88.8 Å². The van der Waals surface area contributed by atoms with Gasteiger partial charge in [-0.15, -0.1) is 0 Å². The van der Waals surface area contributed by atoms with Gasteiger partial charge in [0.15, 0.2) is 5.82 Å². The summed E-state index contributed by atoms with van der Waals surface area (Å²) in [6, 6.07) is 0. The molecule has 0 bridgehead atoms. The summed E-state index contributed by atoms with van der Waals surface area (Å²) in [7, 11) is 1.76. The van der Waals surface area contributed by atoms with Crippen molar-refractivity contribution in [2.75, 3.05) is 26.7 Å². The molecule has 2 aliphatic heterocycles. The molecular formula is C18H28N4O4. The van der Waals surface area contributed by atoms with Crippen molar-refractivity contribution in [3.8, 4) is 0 Å². The van der Waals surface area contributed by atoms with Gasteiger partial charge >= 0.3 is 0 Å². The molecule has 1 atom stereocenters. The van der Waals surface area contributed by atoms with Crippen LogP contribution in [-0.2, 0) is 20.9 Å². The van der Waals surface area contributed by atoms with Crippen LogP contribution in [0.2, 0.25) is 0 Å². The van der Waals surface area contributed by atoms with E-state index in [1.807, 2.05) is 18.7 Å². The van der Waals surface area contributed by atoms with Crippen LogP contribution in [0.4, 0.5) is 0 Å². The number of carbonyl (C=O) groups excluding carboxylic acids is 2. The summed E-state index contributed by atoms with van der Waals surface area (Å²) in [4.78, 5) is 32.9. The number of hydrogen-bond acceptors (Lipinski definition) is 6. The summed E-state index contributed by atoms with van der Waals surface area (Å²) in [6.07, 6.45) is 2.85. The second-order valence-electron chi connectivity index (χ2n) is 7.50. The maximum atomic E-state index is 12.7. The average molecular weight is 364 g/mol. The van der Waals surface area contributed by atoms with Crippen molar-refractivity contribution in [1.82, 2.24) is 19.9 Å². The van der Waals surface area contributed by atoms with E-state index in [0.29, 0.717) is 50.8 Å². The first-order valence-corrected chi connectivity index (χ1v) is 9.43. The molecule has 2 saturated heterocycles. The van der Waals surface area contributed by atoms with E-state index >= 15 is 0 Å². The minimum atomic E-state index is -0.279. The maximum absolute atomic E-state index is 12.7. The van der Waals surface area contributed by atoms with Crippen molar-refractivity contribution in [2.45, 2.75) is 58.1 Å². The zero-order chi connectivity index (χ0) is 18.7. The zero-order valence-electron chi connectivity index (χ0n) is 15.8. The lowest BCUT2D eigenvalue weighted by molar-refractivity contribution is -0.145. The number of carbonyl (C=O) groups is 2. The lowest BCUT2D eigenvalue weighted by Gasteiger charge is -2.34. The van der Waals surface area contributed by atoms with Gasteiger partial charge in [0.25, 0.3) is 5.91 Å². The van der Waals surface area contributed by atoms with E-state index in [1.54, 1.807) is 11.9 Å². The molecule has 2 amide bonds. The van der Waals surface area contributed by atoms with Crippen molar-refractivity contribution >= 4 is 11.8 Å². The Morgan fingerprint density at radius 1 is 1.27 bits per heavy atom. The molecule has 0 N–H and O–H groups in total. The van der Waals surface area contributed by atoms with Gasteiger partial charge in [0.05, 0.1) is 6.54 Å². The SMILES string of the molecule is CC(C)c1nc(CN(C)C(=O)C2CCN(C(=O)C3CCCO3)CC2)no1. The van der Waals surface area contributed by atoms with Gasteiger partial charge in [-0.3, -0.25) is 9.59 Å². The Labute approximate surface area is 153 Å². The molecule has 144 valence electrons. The Bertz CT molecular complexity index is 631. The number of rotatable bonds is 5. The van der Waals surface area contributed by atoms with E-state index in [9.17, 15) is 9.59 Å². The monoisotopic (exact) mass is 364 g/mol. The van der Waals surface area contributed by atoms with Crippen molar-refractivity contribution in [3.63, 3.8) is 0 Å². The van der Waals surface area contributed by atoms with Crippen LogP contribution < -0.4 is 0 Å². The van der Waals surface area contributed by atoms with Crippen LogP contribution in [-0.4, -0.2) is 64.6 Å². The predicted molar refractivity (Wildman–Crippen MR) is 93.1 cm³/mol. The van der Waals surface area contributed by atoms with Gasteiger partial charge in [0.2, 0.25) is 11.8 Å². The van der Waals surface area contributed by atoms with Gasteiger partial charge in [-0.25, -0.2) is 0 Å². The van der Waals surface area contributed by atoms with Crippen LogP contribution in [0.1, 0.15) is 57.2 Å². The van der Waals surface area contributed by atoms with Crippen LogP contribution in [0.15, 0.2) is 4.52 Å². The van der Waals surface area contributed by atoms with Crippen LogP contribution in [0.3, 0.4) is 0 Å². The molecule has 1 aromatic heterocycles. The van der Waals surface area contributed by atoms with E-state index in [-0.39, 0.29) is 29.8 Å². The Morgan fingerprint density at radius 3 is 2.58 bits per heavy atom. The first-order chi connectivity index (χ1) is 12.5. The highest BCUT2D eigenvalue weighted by atomic mass is 16.5. The molecular weight excluding hydrogens is 336 g/mol. The highest BCUT2D eigenvalue weighted by Crippen LogP contribution is 2.23. The number of amides is 2. The largest absolute Gasteiger partial charge is 0.368 e. The molecule has 3 heterocycles. The van der Waals surface area contributed by atoms with Gasteiger partial charge < -0.3 is 19.1 Å². The first-order valence-electron chi connectivity index (χ1n) is 9.43. The maximum Gasteiger partial charge on any atom is 0.251 e. The molecule has 0 aromatic carbocycles. The van der Waals surface area contributed by atoms with Crippen molar-refractivity contribution in [1.29, 1.82) is 0 Å². The Hall–Kier alpha value is -1.96. The van der Waals surface area contributed by atoms with Crippen LogP contribution in [0.5, 0.6) is 0 Å². The number of ether oxygens (including phenoxy) is 1. The summed E-state index contributed by atoms with van der Waals surface area (Å²) in [5.41, 5.74) is 0. The highest BCUT2D eigenvalue weighted by molar-refractivity contribution is 5.82. The van der Waals surface area contributed by atoms with Gasteiger partial charge in [-0.05, 0) is 25.7 Å². The number of hydrogen-bond donors (Lipinski definition) is 0. The minimum Gasteiger partial charge on any atom is -0.368 e. The van der Waals surface area contributed by atoms with Crippen LogP contribution in [0.25, 0.3) is 0 Å². The van der Waals surface area contributed by atoms with Crippen molar-refractivity contribution in [2.24, 2.45) is 5.92 Å².